The number of fused-ring (bicyclic) bond motifs is 1. The van der Waals surface area contributed by atoms with Gasteiger partial charge in [0.1, 0.15) is 28.9 Å². The molecule has 0 N–H and O–H groups in total. The molecule has 0 radical (unpaired) electrons. The van der Waals surface area contributed by atoms with Crippen molar-refractivity contribution < 1.29 is 18.7 Å². The third-order valence-electron chi connectivity index (χ3n) is 6.48. The van der Waals surface area contributed by atoms with E-state index in [1.165, 1.54) is 11.3 Å². The number of carbonyl (C=O) groups excluding carboxylic acids is 1. The first-order chi connectivity index (χ1) is 19.7. The fraction of sp³-hybridized carbons (Fsp3) is 0.233. The highest BCUT2D eigenvalue weighted by atomic mass is 35.5. The van der Waals surface area contributed by atoms with E-state index in [0.717, 1.165) is 11.3 Å². The van der Waals surface area contributed by atoms with E-state index in [9.17, 15) is 9.59 Å². The second-order valence-corrected chi connectivity index (χ2v) is 11.2. The molecule has 41 heavy (non-hydrogen) atoms. The van der Waals surface area contributed by atoms with Crippen molar-refractivity contribution in [1.29, 1.82) is 0 Å². The number of furan rings is 1. The monoisotopic (exact) mass is 611 g/mol. The molecular weight excluding hydrogens is 585 g/mol. The van der Waals surface area contributed by atoms with Crippen LogP contribution in [0.2, 0.25) is 10.0 Å². The van der Waals surface area contributed by atoms with Crippen LogP contribution in [0.1, 0.15) is 37.0 Å². The summed E-state index contributed by atoms with van der Waals surface area (Å²) in [6.07, 6.45) is 1.66. The van der Waals surface area contributed by atoms with Crippen LogP contribution < -0.4 is 24.5 Å². The zero-order valence-electron chi connectivity index (χ0n) is 22.8. The van der Waals surface area contributed by atoms with Gasteiger partial charge in [-0.25, -0.2) is 9.79 Å². The first kappa shape index (κ1) is 28.7. The van der Waals surface area contributed by atoms with Crippen molar-refractivity contribution in [1.82, 2.24) is 4.57 Å². The summed E-state index contributed by atoms with van der Waals surface area (Å²) in [5.41, 5.74) is 2.33. The minimum absolute atomic E-state index is 0.125. The number of aromatic nitrogens is 1. The van der Waals surface area contributed by atoms with Crippen LogP contribution in [0.15, 0.2) is 80.1 Å². The predicted octanol–water partition coefficient (Wildman–Crippen LogP) is 5.34. The van der Waals surface area contributed by atoms with E-state index in [-0.39, 0.29) is 18.8 Å². The number of hydrogen-bond donors (Lipinski definition) is 0. The van der Waals surface area contributed by atoms with E-state index >= 15 is 0 Å². The second-order valence-electron chi connectivity index (χ2n) is 9.43. The maximum Gasteiger partial charge on any atom is 0.338 e. The molecule has 3 heterocycles. The molecule has 0 spiro atoms. The number of halogens is 2. The molecule has 0 unspecified atom stereocenters. The topological polar surface area (TPSA) is 86.3 Å². The molecule has 0 saturated carbocycles. The molecule has 0 fully saturated rings. The van der Waals surface area contributed by atoms with Crippen molar-refractivity contribution in [2.24, 2.45) is 4.99 Å². The molecule has 5 rings (SSSR count). The largest absolute Gasteiger partial charge is 0.484 e. The van der Waals surface area contributed by atoms with Gasteiger partial charge in [-0.05, 0) is 55.8 Å². The van der Waals surface area contributed by atoms with Gasteiger partial charge in [0.2, 0.25) is 0 Å². The first-order valence-electron chi connectivity index (χ1n) is 12.8. The summed E-state index contributed by atoms with van der Waals surface area (Å²) < 4.78 is 19.0. The van der Waals surface area contributed by atoms with E-state index in [1.807, 2.05) is 43.3 Å². The fourth-order valence-corrected chi connectivity index (χ4v) is 5.86. The number of nitrogens with zero attached hydrogens (tertiary/aromatic N) is 3. The number of rotatable bonds is 8. The van der Waals surface area contributed by atoms with Crippen molar-refractivity contribution in [3.8, 4) is 5.75 Å². The van der Waals surface area contributed by atoms with Gasteiger partial charge in [0, 0.05) is 25.9 Å². The predicted molar refractivity (Wildman–Crippen MR) is 161 cm³/mol. The number of esters is 1. The van der Waals surface area contributed by atoms with Crippen molar-refractivity contribution in [2.45, 2.75) is 26.5 Å². The number of allylic oxidation sites excluding steroid dienone is 1. The van der Waals surface area contributed by atoms with E-state index < -0.39 is 12.0 Å². The maximum absolute atomic E-state index is 13.8. The van der Waals surface area contributed by atoms with Crippen LogP contribution in [0.4, 0.5) is 5.69 Å². The van der Waals surface area contributed by atoms with Gasteiger partial charge in [-0.2, -0.15) is 0 Å². The van der Waals surface area contributed by atoms with Gasteiger partial charge < -0.3 is 18.8 Å². The minimum Gasteiger partial charge on any atom is -0.484 e. The van der Waals surface area contributed by atoms with Gasteiger partial charge in [0.25, 0.3) is 5.56 Å². The summed E-state index contributed by atoms with van der Waals surface area (Å²) in [5.74, 6) is 0.954. The molecule has 1 atom stereocenters. The summed E-state index contributed by atoms with van der Waals surface area (Å²) in [7, 11) is 3.90. The second kappa shape index (κ2) is 12.0. The molecule has 0 bridgehead atoms. The summed E-state index contributed by atoms with van der Waals surface area (Å²) in [6, 6.07) is 15.7. The Morgan fingerprint density at radius 2 is 1.90 bits per heavy atom. The molecule has 2 aromatic carbocycles. The minimum atomic E-state index is -0.688. The van der Waals surface area contributed by atoms with Crippen LogP contribution in [0.5, 0.6) is 5.75 Å². The summed E-state index contributed by atoms with van der Waals surface area (Å²) >= 11 is 13.5. The molecule has 2 aromatic heterocycles. The van der Waals surface area contributed by atoms with E-state index in [4.69, 9.17) is 37.1 Å². The average molecular weight is 613 g/mol. The van der Waals surface area contributed by atoms with Crippen LogP contribution in [0.3, 0.4) is 0 Å². The lowest BCUT2D eigenvalue weighted by atomic mass is 9.95. The lowest BCUT2D eigenvalue weighted by molar-refractivity contribution is -0.139. The Labute approximate surface area is 250 Å². The molecule has 0 saturated heterocycles. The highest BCUT2D eigenvalue weighted by Crippen LogP contribution is 2.33. The van der Waals surface area contributed by atoms with Crippen LogP contribution in [0.25, 0.3) is 6.08 Å². The van der Waals surface area contributed by atoms with Crippen molar-refractivity contribution in [3.05, 3.63) is 113 Å². The van der Waals surface area contributed by atoms with E-state index in [1.54, 1.807) is 54.8 Å². The normalized spacial score (nSPS) is 15.0. The molecule has 8 nitrogen and oxygen atoms in total. The standard InChI is InChI=1S/C30H27Cl2N3O5S/c1-5-38-29(37)25-17(2)33-30-35(27(25)18-9-11-19(12-10-18)34(3)4)28(36)24(41-30)15-20-13-14-21(40-20)16-39-23-8-6-7-22(31)26(23)32/h6-15,27H,5,16H2,1-4H3/b24-15+/t27-/m0/s1. The number of anilines is 1. The Morgan fingerprint density at radius 1 is 1.15 bits per heavy atom. The third-order valence-corrected chi connectivity index (χ3v) is 8.27. The van der Waals surface area contributed by atoms with Crippen molar-refractivity contribution >= 4 is 52.3 Å². The molecule has 1 aliphatic heterocycles. The summed E-state index contributed by atoms with van der Waals surface area (Å²) in [5, 5.41) is 0.721. The zero-order valence-corrected chi connectivity index (χ0v) is 25.1. The Hall–Kier alpha value is -3.79. The third kappa shape index (κ3) is 5.84. The number of ether oxygens (including phenoxy) is 2. The number of hydrogen-bond acceptors (Lipinski definition) is 8. The highest BCUT2D eigenvalue weighted by molar-refractivity contribution is 7.07. The lowest BCUT2D eigenvalue weighted by Crippen LogP contribution is -2.39. The Morgan fingerprint density at radius 3 is 2.61 bits per heavy atom. The van der Waals surface area contributed by atoms with Gasteiger partial charge in [-0.1, -0.05) is 52.7 Å². The Kier molecular flexibility index (Phi) is 8.40. The van der Waals surface area contributed by atoms with E-state index in [0.29, 0.717) is 47.9 Å². The van der Waals surface area contributed by atoms with Gasteiger partial charge in [-0.3, -0.25) is 9.36 Å². The van der Waals surface area contributed by atoms with E-state index in [2.05, 4.69) is 4.99 Å². The average Bonchev–Trinajstić information content (AvgIpc) is 3.52. The molecule has 4 aromatic rings. The van der Waals surface area contributed by atoms with Crippen molar-refractivity contribution in [3.63, 3.8) is 0 Å². The van der Waals surface area contributed by atoms with Crippen molar-refractivity contribution in [2.75, 3.05) is 25.6 Å². The number of thiazole rings is 1. The molecule has 0 aliphatic carbocycles. The lowest BCUT2D eigenvalue weighted by Gasteiger charge is -2.25. The molecular formula is C30H27Cl2N3O5S. The molecule has 212 valence electrons. The van der Waals surface area contributed by atoms with Gasteiger partial charge >= 0.3 is 5.97 Å². The van der Waals surface area contributed by atoms with Gasteiger partial charge in [0.05, 0.1) is 33.5 Å². The van der Waals surface area contributed by atoms with Crippen LogP contribution >= 0.6 is 34.5 Å². The van der Waals surface area contributed by atoms with Gasteiger partial charge in [0.15, 0.2) is 4.80 Å². The maximum atomic E-state index is 13.8. The number of carbonyl (C=O) groups is 1. The quantitative estimate of drug-likeness (QED) is 0.250. The molecule has 1 aliphatic rings. The first-order valence-corrected chi connectivity index (χ1v) is 14.4. The Balaban J connectivity index is 1.51. The smallest absolute Gasteiger partial charge is 0.338 e. The van der Waals surface area contributed by atoms with Crippen LogP contribution in [-0.2, 0) is 16.1 Å². The SMILES string of the molecule is CCOC(=O)C1=C(C)N=c2s/c(=C/c3ccc(COc4cccc(Cl)c4Cl)o3)c(=O)n2[C@H]1c1ccc(N(C)C)cc1. The summed E-state index contributed by atoms with van der Waals surface area (Å²) in [6.45, 7) is 3.84. The Bertz CT molecular complexity index is 1820. The van der Waals surface area contributed by atoms with Crippen LogP contribution in [-0.4, -0.2) is 31.2 Å². The fourth-order valence-electron chi connectivity index (χ4n) is 4.48. The number of benzene rings is 2. The van der Waals surface area contributed by atoms with Gasteiger partial charge in [-0.15, -0.1) is 0 Å². The molecule has 0 amide bonds. The van der Waals surface area contributed by atoms with Crippen LogP contribution in [0, 0.1) is 0 Å². The highest BCUT2D eigenvalue weighted by Gasteiger charge is 2.33. The summed E-state index contributed by atoms with van der Waals surface area (Å²) in [4.78, 5) is 34.0. The zero-order chi connectivity index (χ0) is 29.3. The molecule has 11 heteroatoms.